The van der Waals surface area contributed by atoms with Crippen LogP contribution in [0.5, 0.6) is 5.75 Å². The number of hydrogen-bond acceptors (Lipinski definition) is 4. The fraction of sp³-hybridized carbons (Fsp3) is 0.333. The van der Waals surface area contributed by atoms with Gasteiger partial charge >= 0.3 is 0 Å². The van der Waals surface area contributed by atoms with E-state index in [0.717, 1.165) is 11.1 Å². The highest BCUT2D eigenvalue weighted by Gasteiger charge is 2.37. The molecule has 1 amide bonds. The van der Waals surface area contributed by atoms with E-state index < -0.39 is 0 Å². The van der Waals surface area contributed by atoms with Gasteiger partial charge in [-0.1, -0.05) is 68.2 Å². The summed E-state index contributed by atoms with van der Waals surface area (Å²) in [5.41, 5.74) is 1.72. The van der Waals surface area contributed by atoms with Gasteiger partial charge in [0.15, 0.2) is 0 Å². The minimum atomic E-state index is -0.281. The number of amides is 1. The summed E-state index contributed by atoms with van der Waals surface area (Å²) in [7, 11) is 0. The van der Waals surface area contributed by atoms with Gasteiger partial charge in [-0.2, -0.15) is 0 Å². The van der Waals surface area contributed by atoms with Gasteiger partial charge in [-0.25, -0.2) is 4.39 Å². The summed E-state index contributed by atoms with van der Waals surface area (Å²) in [6.07, 6.45) is 0.553. The van der Waals surface area contributed by atoms with E-state index in [1.807, 2.05) is 30.3 Å². The number of ether oxygens (including phenoxy) is 1. The average Bonchev–Trinajstić information content (AvgIpc) is 2.88. The Morgan fingerprint density at radius 3 is 2.74 bits per heavy atom. The van der Waals surface area contributed by atoms with Crippen LogP contribution in [-0.4, -0.2) is 26.9 Å². The minimum Gasteiger partial charge on any atom is -0.489 e. The Labute approximate surface area is 168 Å². The van der Waals surface area contributed by atoms with E-state index in [-0.39, 0.29) is 23.6 Å². The van der Waals surface area contributed by atoms with Crippen molar-refractivity contribution in [3.63, 3.8) is 0 Å². The monoisotopic (exact) mass is 403 g/mol. The van der Waals surface area contributed by atoms with Gasteiger partial charge in [-0.15, -0.1) is 0 Å². The van der Waals surface area contributed by atoms with Crippen molar-refractivity contribution in [2.24, 2.45) is 5.92 Å². The molecule has 0 radical (unpaired) electrons. The van der Waals surface area contributed by atoms with Gasteiger partial charge in [0.25, 0.3) is 0 Å². The van der Waals surface area contributed by atoms with E-state index in [2.05, 4.69) is 13.8 Å². The summed E-state index contributed by atoms with van der Waals surface area (Å²) in [5, 5.41) is -0.227. The molecule has 0 aromatic heterocycles. The Bertz CT molecular complexity index is 840. The van der Waals surface area contributed by atoms with Crippen molar-refractivity contribution in [3.8, 4) is 5.75 Å². The first-order valence-electron chi connectivity index (χ1n) is 8.91. The van der Waals surface area contributed by atoms with Crippen molar-refractivity contribution >= 4 is 34.2 Å². The first kappa shape index (κ1) is 19.8. The Morgan fingerprint density at radius 2 is 2.00 bits per heavy atom. The molecule has 2 aromatic carbocycles. The zero-order chi connectivity index (χ0) is 19.4. The molecular formula is C21H22FNO2S2. The normalized spacial score (nSPS) is 17.0. The van der Waals surface area contributed by atoms with Crippen molar-refractivity contribution < 1.29 is 13.9 Å². The largest absolute Gasteiger partial charge is 0.489 e. The lowest BCUT2D eigenvalue weighted by Crippen LogP contribution is -2.34. The first-order valence-corrected chi connectivity index (χ1v) is 10.2. The van der Waals surface area contributed by atoms with Crippen LogP contribution < -0.4 is 4.74 Å². The lowest BCUT2D eigenvalue weighted by Gasteiger charge is -2.18. The summed E-state index contributed by atoms with van der Waals surface area (Å²) in [6, 6.07) is 14.0. The van der Waals surface area contributed by atoms with Crippen LogP contribution in [0.15, 0.2) is 48.5 Å². The van der Waals surface area contributed by atoms with E-state index in [0.29, 0.717) is 29.0 Å². The predicted molar refractivity (Wildman–Crippen MR) is 111 cm³/mol. The molecule has 1 aliphatic heterocycles. The van der Waals surface area contributed by atoms with Gasteiger partial charge in [0.05, 0.1) is 5.25 Å². The fourth-order valence-corrected chi connectivity index (χ4v) is 4.50. The van der Waals surface area contributed by atoms with Crippen LogP contribution in [0.1, 0.15) is 25.0 Å². The van der Waals surface area contributed by atoms with E-state index >= 15 is 0 Å². The predicted octanol–water partition coefficient (Wildman–Crippen LogP) is 4.83. The van der Waals surface area contributed by atoms with Crippen molar-refractivity contribution in [2.75, 3.05) is 6.54 Å². The molecule has 1 fully saturated rings. The van der Waals surface area contributed by atoms with Crippen LogP contribution in [0, 0.1) is 11.7 Å². The van der Waals surface area contributed by atoms with E-state index in [4.69, 9.17) is 17.0 Å². The molecule has 0 N–H and O–H groups in total. The molecule has 1 atom stereocenters. The van der Waals surface area contributed by atoms with Crippen LogP contribution in [0.25, 0.3) is 0 Å². The number of carbonyl (C=O) groups excluding carboxylic acids is 1. The highest BCUT2D eigenvalue weighted by Crippen LogP contribution is 2.32. The van der Waals surface area contributed by atoms with Crippen LogP contribution >= 0.6 is 24.0 Å². The van der Waals surface area contributed by atoms with Gasteiger partial charge in [0.1, 0.15) is 22.5 Å². The molecule has 142 valence electrons. The maximum Gasteiger partial charge on any atom is 0.241 e. The van der Waals surface area contributed by atoms with E-state index in [1.54, 1.807) is 11.0 Å². The minimum absolute atomic E-state index is 0.0682. The lowest BCUT2D eigenvalue weighted by molar-refractivity contribution is -0.126. The molecule has 6 heteroatoms. The Balaban J connectivity index is 1.69. The van der Waals surface area contributed by atoms with Crippen molar-refractivity contribution in [1.29, 1.82) is 0 Å². The number of carbonyl (C=O) groups is 1. The number of para-hydroxylation sites is 1. The maximum atomic E-state index is 13.3. The number of hydrogen-bond donors (Lipinski definition) is 0. The zero-order valence-electron chi connectivity index (χ0n) is 15.4. The van der Waals surface area contributed by atoms with Crippen molar-refractivity contribution in [2.45, 2.75) is 32.1 Å². The standard InChI is InChI=1S/C21H22FNO2S2/c1-14(2)12-23-20(24)19(27-21(23)26)11-16-7-3-4-9-18(16)25-13-15-6-5-8-17(22)10-15/h3-10,14,19H,11-13H2,1-2H3/t19-/m0/s1. The lowest BCUT2D eigenvalue weighted by atomic mass is 10.1. The Morgan fingerprint density at radius 1 is 1.22 bits per heavy atom. The molecule has 27 heavy (non-hydrogen) atoms. The number of nitrogens with zero attached hydrogens (tertiary/aromatic N) is 1. The van der Waals surface area contributed by atoms with Gasteiger partial charge in [0, 0.05) is 6.54 Å². The third kappa shape index (κ3) is 5.08. The molecule has 0 unspecified atom stereocenters. The molecule has 1 heterocycles. The summed E-state index contributed by atoms with van der Waals surface area (Å²) in [5.74, 6) is 0.867. The third-order valence-corrected chi connectivity index (χ3v) is 5.80. The average molecular weight is 404 g/mol. The SMILES string of the molecule is CC(C)CN1C(=O)[C@H](Cc2ccccc2OCc2cccc(F)c2)SC1=S. The Hall–Kier alpha value is -1.92. The molecule has 0 bridgehead atoms. The van der Waals surface area contributed by atoms with Crippen LogP contribution in [0.2, 0.25) is 0 Å². The van der Waals surface area contributed by atoms with Crippen molar-refractivity contribution in [3.05, 3.63) is 65.5 Å². The third-order valence-electron chi connectivity index (χ3n) is 4.21. The number of rotatable bonds is 7. The van der Waals surface area contributed by atoms with Gasteiger partial charge in [0.2, 0.25) is 5.91 Å². The van der Waals surface area contributed by atoms with Gasteiger partial charge in [-0.3, -0.25) is 9.69 Å². The molecule has 0 spiro atoms. The second-order valence-electron chi connectivity index (χ2n) is 6.95. The fourth-order valence-electron chi connectivity index (χ4n) is 2.96. The molecule has 1 saturated heterocycles. The molecule has 1 aliphatic rings. The molecule has 0 saturated carbocycles. The number of benzene rings is 2. The summed E-state index contributed by atoms with van der Waals surface area (Å²) in [6.45, 7) is 5.07. The molecular weight excluding hydrogens is 381 g/mol. The molecule has 3 nitrogen and oxygen atoms in total. The highest BCUT2D eigenvalue weighted by atomic mass is 32.2. The number of halogens is 1. The quantitative estimate of drug-likeness (QED) is 0.619. The maximum absolute atomic E-state index is 13.3. The second-order valence-corrected chi connectivity index (χ2v) is 8.78. The van der Waals surface area contributed by atoms with Crippen LogP contribution in [-0.2, 0) is 17.8 Å². The van der Waals surface area contributed by atoms with E-state index in [9.17, 15) is 9.18 Å². The van der Waals surface area contributed by atoms with Crippen molar-refractivity contribution in [1.82, 2.24) is 4.90 Å². The molecule has 2 aromatic rings. The first-order chi connectivity index (χ1) is 12.9. The summed E-state index contributed by atoms with van der Waals surface area (Å²) in [4.78, 5) is 14.4. The van der Waals surface area contributed by atoms with Gasteiger partial charge in [-0.05, 0) is 41.7 Å². The smallest absolute Gasteiger partial charge is 0.241 e. The number of thiocarbonyl (C=S) groups is 1. The molecule has 3 rings (SSSR count). The van der Waals surface area contributed by atoms with Crippen LogP contribution in [0.3, 0.4) is 0 Å². The topological polar surface area (TPSA) is 29.5 Å². The second kappa shape index (κ2) is 8.85. The van der Waals surface area contributed by atoms with Crippen LogP contribution in [0.4, 0.5) is 4.39 Å². The highest BCUT2D eigenvalue weighted by molar-refractivity contribution is 8.24. The zero-order valence-corrected chi connectivity index (χ0v) is 17.0. The van der Waals surface area contributed by atoms with Gasteiger partial charge < -0.3 is 4.74 Å². The summed E-state index contributed by atoms with van der Waals surface area (Å²) < 4.78 is 19.9. The number of thioether (sulfide) groups is 1. The summed E-state index contributed by atoms with van der Waals surface area (Å²) >= 11 is 6.84. The Kier molecular flexibility index (Phi) is 6.50. The molecule has 0 aliphatic carbocycles. The van der Waals surface area contributed by atoms with E-state index in [1.165, 1.54) is 23.9 Å².